The first kappa shape index (κ1) is 18.3. The maximum absolute atomic E-state index is 12.5. The summed E-state index contributed by atoms with van der Waals surface area (Å²) in [4.78, 5) is 29.2. The van der Waals surface area contributed by atoms with Crippen molar-refractivity contribution in [2.24, 2.45) is 0 Å². The molecule has 4 rings (SSSR count). The van der Waals surface area contributed by atoms with Crippen LogP contribution >= 0.6 is 23.1 Å². The average Bonchev–Trinajstić information content (AvgIpc) is 3.27. The number of anilines is 3. The number of hydrogen-bond acceptors (Lipinski definition) is 7. The van der Waals surface area contributed by atoms with Crippen molar-refractivity contribution >= 4 is 56.5 Å². The van der Waals surface area contributed by atoms with Gasteiger partial charge in [0.15, 0.2) is 4.34 Å². The summed E-state index contributed by atoms with van der Waals surface area (Å²) in [6.45, 7) is 1.81. The van der Waals surface area contributed by atoms with E-state index in [-0.39, 0.29) is 16.8 Å². The van der Waals surface area contributed by atoms with E-state index in [0.717, 1.165) is 5.69 Å². The lowest BCUT2D eigenvalue weighted by atomic mass is 10.2. The third kappa shape index (κ3) is 4.24. The third-order valence-electron chi connectivity index (χ3n) is 3.86. The van der Waals surface area contributed by atoms with Crippen molar-refractivity contribution in [2.75, 3.05) is 10.6 Å². The minimum atomic E-state index is -0.363. The number of benzene rings is 2. The molecule has 10 heteroatoms. The molecule has 8 nitrogen and oxygen atoms in total. The van der Waals surface area contributed by atoms with Crippen molar-refractivity contribution in [3.8, 4) is 0 Å². The van der Waals surface area contributed by atoms with E-state index < -0.39 is 0 Å². The first-order valence-electron chi connectivity index (χ1n) is 8.42. The first-order valence-corrected chi connectivity index (χ1v) is 10.1. The molecule has 0 fully saturated rings. The van der Waals surface area contributed by atoms with E-state index in [1.807, 2.05) is 37.3 Å². The zero-order chi connectivity index (χ0) is 19.5. The van der Waals surface area contributed by atoms with Gasteiger partial charge in [-0.2, -0.15) is 0 Å². The Labute approximate surface area is 167 Å². The summed E-state index contributed by atoms with van der Waals surface area (Å²) in [5.41, 5.74) is 2.60. The lowest BCUT2D eigenvalue weighted by molar-refractivity contribution is -0.115. The fourth-order valence-electron chi connectivity index (χ4n) is 2.51. The van der Waals surface area contributed by atoms with Gasteiger partial charge in [-0.1, -0.05) is 41.3 Å². The van der Waals surface area contributed by atoms with Crippen LogP contribution in [0.3, 0.4) is 0 Å². The van der Waals surface area contributed by atoms with Crippen LogP contribution in [0.5, 0.6) is 0 Å². The van der Waals surface area contributed by atoms with Crippen molar-refractivity contribution < 1.29 is 4.79 Å². The lowest BCUT2D eigenvalue weighted by Gasteiger charge is -2.10. The molecule has 0 aliphatic carbocycles. The van der Waals surface area contributed by atoms with Gasteiger partial charge in [-0.3, -0.25) is 4.79 Å². The van der Waals surface area contributed by atoms with Gasteiger partial charge < -0.3 is 20.6 Å². The number of fused-ring (bicyclic) bond motifs is 1. The van der Waals surface area contributed by atoms with Crippen molar-refractivity contribution in [1.29, 1.82) is 0 Å². The van der Waals surface area contributed by atoms with Crippen LogP contribution in [0, 0.1) is 0 Å². The highest BCUT2D eigenvalue weighted by atomic mass is 32.2. The van der Waals surface area contributed by atoms with Gasteiger partial charge in [0.2, 0.25) is 11.0 Å². The summed E-state index contributed by atoms with van der Waals surface area (Å²) in [7, 11) is 0. The Hall–Kier alpha value is -3.11. The SMILES string of the molecule is C[C@H](Sc1nnc(Nc2ccccc2)s1)C(=O)Nc1ccc2[nH]c(=O)[nH]c2c1. The van der Waals surface area contributed by atoms with E-state index in [9.17, 15) is 9.59 Å². The van der Waals surface area contributed by atoms with E-state index in [2.05, 4.69) is 30.8 Å². The van der Waals surface area contributed by atoms with Crippen LogP contribution in [0.15, 0.2) is 57.7 Å². The smallest absolute Gasteiger partial charge is 0.323 e. The van der Waals surface area contributed by atoms with Crippen molar-refractivity contribution in [2.45, 2.75) is 16.5 Å². The molecule has 0 saturated heterocycles. The van der Waals surface area contributed by atoms with Gasteiger partial charge >= 0.3 is 5.69 Å². The number of para-hydroxylation sites is 1. The van der Waals surface area contributed by atoms with Gasteiger partial charge in [-0.05, 0) is 37.3 Å². The van der Waals surface area contributed by atoms with Gasteiger partial charge in [-0.25, -0.2) is 4.79 Å². The second kappa shape index (κ2) is 7.87. The van der Waals surface area contributed by atoms with Gasteiger partial charge in [0.05, 0.1) is 16.3 Å². The Bertz CT molecular complexity index is 1170. The molecular weight excluding hydrogens is 396 g/mol. The molecule has 2 aromatic heterocycles. The fraction of sp³-hybridized carbons (Fsp3) is 0.111. The van der Waals surface area contributed by atoms with Crippen molar-refractivity contribution in [3.05, 3.63) is 59.0 Å². The minimum Gasteiger partial charge on any atom is -0.330 e. The van der Waals surface area contributed by atoms with Gasteiger partial charge in [0, 0.05) is 11.4 Å². The van der Waals surface area contributed by atoms with Gasteiger partial charge in [0.1, 0.15) is 0 Å². The summed E-state index contributed by atoms with van der Waals surface area (Å²) in [5, 5.41) is 14.6. The van der Waals surface area contributed by atoms with Crippen LogP contribution < -0.4 is 16.3 Å². The maximum atomic E-state index is 12.5. The molecule has 0 aliphatic heterocycles. The number of hydrogen-bond donors (Lipinski definition) is 4. The zero-order valence-corrected chi connectivity index (χ0v) is 16.4. The normalized spacial score (nSPS) is 12.0. The van der Waals surface area contributed by atoms with Crippen LogP contribution in [-0.4, -0.2) is 31.3 Å². The number of rotatable bonds is 6. The average molecular weight is 413 g/mol. The number of nitrogens with zero attached hydrogens (tertiary/aromatic N) is 2. The van der Waals surface area contributed by atoms with Gasteiger partial charge in [-0.15, -0.1) is 10.2 Å². The highest BCUT2D eigenvalue weighted by Gasteiger charge is 2.18. The standard InChI is InChI=1S/C18H16N6O2S2/c1-10(15(25)19-12-7-8-13-14(9-12)22-16(26)21-13)27-18-24-23-17(28-18)20-11-5-3-2-4-6-11/h2-10H,1H3,(H,19,25)(H,20,23)(H2,21,22,26)/t10-/m0/s1. The highest BCUT2D eigenvalue weighted by molar-refractivity contribution is 8.02. The Kier molecular flexibility index (Phi) is 5.13. The molecule has 0 bridgehead atoms. The zero-order valence-electron chi connectivity index (χ0n) is 14.7. The first-order chi connectivity index (χ1) is 13.6. The molecule has 0 unspecified atom stereocenters. The van der Waals surface area contributed by atoms with Crippen LogP contribution in [0.4, 0.5) is 16.5 Å². The molecule has 4 aromatic rings. The molecule has 0 spiro atoms. The molecule has 2 aromatic carbocycles. The van der Waals surface area contributed by atoms with E-state index >= 15 is 0 Å². The second-order valence-electron chi connectivity index (χ2n) is 5.95. The molecule has 142 valence electrons. The monoisotopic (exact) mass is 412 g/mol. The van der Waals surface area contributed by atoms with E-state index in [4.69, 9.17) is 0 Å². The number of thioether (sulfide) groups is 1. The molecule has 1 atom stereocenters. The van der Waals surface area contributed by atoms with Crippen molar-refractivity contribution in [1.82, 2.24) is 20.2 Å². The third-order valence-corrected chi connectivity index (χ3v) is 5.88. The lowest BCUT2D eigenvalue weighted by Crippen LogP contribution is -2.22. The Morgan fingerprint density at radius 1 is 1.07 bits per heavy atom. The van der Waals surface area contributed by atoms with Crippen LogP contribution in [-0.2, 0) is 4.79 Å². The molecule has 28 heavy (non-hydrogen) atoms. The predicted molar refractivity (Wildman–Crippen MR) is 113 cm³/mol. The quantitative estimate of drug-likeness (QED) is 0.360. The van der Waals surface area contributed by atoms with E-state index in [0.29, 0.717) is 26.2 Å². The van der Waals surface area contributed by atoms with Crippen LogP contribution in [0.25, 0.3) is 11.0 Å². The molecule has 0 saturated carbocycles. The second-order valence-corrected chi connectivity index (χ2v) is 8.52. The number of carbonyl (C=O) groups is 1. The van der Waals surface area contributed by atoms with Crippen LogP contribution in [0.1, 0.15) is 6.92 Å². The Balaban J connectivity index is 1.38. The molecule has 2 heterocycles. The number of imidazole rings is 1. The Morgan fingerprint density at radius 3 is 2.68 bits per heavy atom. The Morgan fingerprint density at radius 2 is 1.86 bits per heavy atom. The predicted octanol–water partition coefficient (Wildman–Crippen LogP) is 3.57. The molecule has 0 aliphatic rings. The van der Waals surface area contributed by atoms with Crippen molar-refractivity contribution in [3.63, 3.8) is 0 Å². The molecule has 0 radical (unpaired) electrons. The number of aromatic amines is 2. The number of amides is 1. The van der Waals surface area contributed by atoms with Crippen LogP contribution in [0.2, 0.25) is 0 Å². The van der Waals surface area contributed by atoms with E-state index in [1.165, 1.54) is 23.1 Å². The minimum absolute atomic E-state index is 0.157. The summed E-state index contributed by atoms with van der Waals surface area (Å²) >= 11 is 2.73. The summed E-state index contributed by atoms with van der Waals surface area (Å²) in [5.74, 6) is -0.157. The summed E-state index contributed by atoms with van der Waals surface area (Å²) in [6.07, 6.45) is 0. The molecular formula is C18H16N6O2S2. The number of carbonyl (C=O) groups excluding carboxylic acids is 1. The number of nitrogens with one attached hydrogen (secondary N) is 4. The number of aromatic nitrogens is 4. The topological polar surface area (TPSA) is 116 Å². The summed E-state index contributed by atoms with van der Waals surface area (Å²) in [6, 6.07) is 14.9. The summed E-state index contributed by atoms with van der Waals surface area (Å²) < 4.78 is 0.700. The van der Waals surface area contributed by atoms with Gasteiger partial charge in [0.25, 0.3) is 0 Å². The van der Waals surface area contributed by atoms with E-state index in [1.54, 1.807) is 18.2 Å². The largest absolute Gasteiger partial charge is 0.330 e. The maximum Gasteiger partial charge on any atom is 0.323 e. The molecule has 1 amide bonds. The highest BCUT2D eigenvalue weighted by Crippen LogP contribution is 2.30. The molecule has 4 N–H and O–H groups in total. The fourth-order valence-corrected chi connectivity index (χ4v) is 4.43. The number of H-pyrrole nitrogens is 2.